The Kier molecular flexibility index (Phi) is 4.99. The largest absolute Gasteiger partial charge is 0.481 e. The van der Waals surface area contributed by atoms with Crippen molar-refractivity contribution in [3.63, 3.8) is 0 Å². The number of carbonyl (C=O) groups excluding carboxylic acids is 1. The number of aliphatic hydroxyl groups is 1. The first-order valence-corrected chi connectivity index (χ1v) is 8.04. The van der Waals surface area contributed by atoms with Gasteiger partial charge in [0.05, 0.1) is 19.3 Å². The average Bonchev–Trinajstić information content (AvgIpc) is 2.63. The summed E-state index contributed by atoms with van der Waals surface area (Å²) in [7, 11) is 1.51. The fourth-order valence-electron chi connectivity index (χ4n) is 2.85. The minimum Gasteiger partial charge on any atom is -0.481 e. The van der Waals surface area contributed by atoms with Crippen molar-refractivity contribution in [2.24, 2.45) is 0 Å². The molecule has 0 spiro atoms. The van der Waals surface area contributed by atoms with E-state index >= 15 is 0 Å². The Morgan fingerprint density at radius 2 is 2.12 bits per heavy atom. The zero-order chi connectivity index (χ0) is 17.8. The highest BCUT2D eigenvalue weighted by molar-refractivity contribution is 5.94. The van der Waals surface area contributed by atoms with Crippen LogP contribution >= 0.6 is 0 Å². The highest BCUT2D eigenvalue weighted by Gasteiger charge is 2.30. The molecule has 1 aromatic heterocycles. The van der Waals surface area contributed by atoms with Gasteiger partial charge in [-0.25, -0.2) is 0 Å². The number of hydrogen-bond acceptors (Lipinski definition) is 7. The number of nitrogens with two attached hydrogens (primary N) is 1. The molecule has 2 aromatic rings. The quantitative estimate of drug-likeness (QED) is 0.738. The number of hydrogen-bond donors (Lipinski definition) is 3. The number of anilines is 2. The summed E-state index contributed by atoms with van der Waals surface area (Å²) < 4.78 is 5.10. The minimum atomic E-state index is -0.719. The number of carbonyl (C=O) groups is 1. The number of aliphatic hydroxyl groups excluding tert-OH is 1. The summed E-state index contributed by atoms with van der Waals surface area (Å²) in [5.41, 5.74) is 6.26. The third-order valence-electron chi connectivity index (χ3n) is 4.17. The highest BCUT2D eigenvalue weighted by atomic mass is 16.5. The Labute approximate surface area is 145 Å². The number of amides is 1. The molecule has 1 aliphatic rings. The number of aromatic nitrogens is 2. The monoisotopic (exact) mass is 343 g/mol. The summed E-state index contributed by atoms with van der Waals surface area (Å²) >= 11 is 0. The molecular weight excluding hydrogens is 322 g/mol. The van der Waals surface area contributed by atoms with Gasteiger partial charge in [0.2, 0.25) is 11.8 Å². The van der Waals surface area contributed by atoms with E-state index < -0.39 is 6.10 Å². The van der Waals surface area contributed by atoms with E-state index in [1.165, 1.54) is 7.11 Å². The van der Waals surface area contributed by atoms with Gasteiger partial charge < -0.3 is 25.8 Å². The van der Waals surface area contributed by atoms with Gasteiger partial charge in [-0.2, -0.15) is 9.97 Å². The molecule has 3 rings (SSSR count). The van der Waals surface area contributed by atoms with Gasteiger partial charge >= 0.3 is 0 Å². The molecule has 8 nitrogen and oxygen atoms in total. The fraction of sp³-hybridized carbons (Fsp3) is 0.353. The predicted octanol–water partition coefficient (Wildman–Crippen LogP) is 0.437. The maximum absolute atomic E-state index is 12.2. The SMILES string of the molecule is COc1cc(N2CC[C@@H](NC(=O)c3ccccc3)[C@H](O)C2)nc(N)n1. The molecule has 1 aliphatic heterocycles. The van der Waals surface area contributed by atoms with E-state index in [0.29, 0.717) is 36.8 Å². The lowest BCUT2D eigenvalue weighted by atomic mass is 10.0. The molecule has 1 amide bonds. The number of benzene rings is 1. The van der Waals surface area contributed by atoms with E-state index in [0.717, 1.165) is 0 Å². The van der Waals surface area contributed by atoms with Gasteiger partial charge in [-0.3, -0.25) is 4.79 Å². The number of β-amino-alcohol motifs (C(OH)–C–C–N with tert-alkyl or cyclic N) is 1. The van der Waals surface area contributed by atoms with Crippen molar-refractivity contribution in [1.82, 2.24) is 15.3 Å². The third-order valence-corrected chi connectivity index (χ3v) is 4.17. The number of rotatable bonds is 4. The van der Waals surface area contributed by atoms with Crippen molar-refractivity contribution < 1.29 is 14.6 Å². The molecule has 0 unspecified atom stereocenters. The van der Waals surface area contributed by atoms with Gasteiger partial charge in [-0.15, -0.1) is 0 Å². The summed E-state index contributed by atoms with van der Waals surface area (Å²) in [6.07, 6.45) is -0.130. The maximum atomic E-state index is 12.2. The molecule has 1 saturated heterocycles. The van der Waals surface area contributed by atoms with Crippen LogP contribution in [0.4, 0.5) is 11.8 Å². The first-order chi connectivity index (χ1) is 12.1. The van der Waals surface area contributed by atoms with E-state index in [9.17, 15) is 9.90 Å². The van der Waals surface area contributed by atoms with Gasteiger partial charge in [-0.1, -0.05) is 18.2 Å². The lowest BCUT2D eigenvalue weighted by Crippen LogP contribution is -2.54. The van der Waals surface area contributed by atoms with Crippen molar-refractivity contribution in [2.45, 2.75) is 18.6 Å². The second-order valence-electron chi connectivity index (χ2n) is 5.87. The summed E-state index contributed by atoms with van der Waals surface area (Å²) in [6.45, 7) is 0.954. The van der Waals surface area contributed by atoms with E-state index in [2.05, 4.69) is 15.3 Å². The number of piperidine rings is 1. The zero-order valence-corrected chi connectivity index (χ0v) is 13.9. The molecule has 4 N–H and O–H groups in total. The lowest BCUT2D eigenvalue weighted by Gasteiger charge is -2.37. The number of ether oxygens (including phenoxy) is 1. The third kappa shape index (κ3) is 3.97. The molecule has 0 radical (unpaired) electrons. The molecule has 25 heavy (non-hydrogen) atoms. The Morgan fingerprint density at radius 3 is 2.80 bits per heavy atom. The maximum Gasteiger partial charge on any atom is 0.251 e. The van der Waals surface area contributed by atoms with Crippen molar-refractivity contribution in [3.8, 4) is 5.88 Å². The molecular formula is C17H21N5O3. The van der Waals surface area contributed by atoms with Crippen LogP contribution in [-0.2, 0) is 0 Å². The van der Waals surface area contributed by atoms with Gasteiger partial charge in [-0.05, 0) is 18.6 Å². The number of methoxy groups -OCH3 is 1. The molecule has 2 atom stereocenters. The highest BCUT2D eigenvalue weighted by Crippen LogP contribution is 2.22. The zero-order valence-electron chi connectivity index (χ0n) is 13.9. The van der Waals surface area contributed by atoms with Crippen LogP contribution in [0.1, 0.15) is 16.8 Å². The van der Waals surface area contributed by atoms with E-state index in [4.69, 9.17) is 10.5 Å². The molecule has 132 valence electrons. The standard InChI is InChI=1S/C17H21N5O3/c1-25-15-9-14(20-17(18)21-15)22-8-7-12(13(23)10-22)19-16(24)11-5-3-2-4-6-11/h2-6,9,12-13,23H,7-8,10H2,1H3,(H,19,24)(H2,18,20,21)/t12-,13-/m1/s1. The Hall–Kier alpha value is -2.87. The van der Waals surface area contributed by atoms with Gasteiger partial charge in [0.1, 0.15) is 5.82 Å². The molecule has 0 saturated carbocycles. The lowest BCUT2D eigenvalue weighted by molar-refractivity contribution is 0.0797. The summed E-state index contributed by atoms with van der Waals surface area (Å²) in [6, 6.07) is 10.3. The summed E-state index contributed by atoms with van der Waals surface area (Å²) in [5.74, 6) is 0.891. The number of nitrogens with zero attached hydrogens (tertiary/aromatic N) is 3. The van der Waals surface area contributed by atoms with E-state index in [-0.39, 0.29) is 17.9 Å². The fourth-order valence-corrected chi connectivity index (χ4v) is 2.85. The van der Waals surface area contributed by atoms with Crippen LogP contribution in [0.15, 0.2) is 36.4 Å². The molecule has 2 heterocycles. The topological polar surface area (TPSA) is 114 Å². The Morgan fingerprint density at radius 1 is 1.36 bits per heavy atom. The van der Waals surface area contributed by atoms with E-state index in [1.807, 2.05) is 11.0 Å². The first kappa shape index (κ1) is 17.0. The molecule has 1 aromatic carbocycles. The van der Waals surface area contributed by atoms with Gasteiger partial charge in [0.15, 0.2) is 0 Å². The molecule has 0 aliphatic carbocycles. The Balaban J connectivity index is 1.65. The van der Waals surface area contributed by atoms with Gasteiger partial charge in [0.25, 0.3) is 5.91 Å². The first-order valence-electron chi connectivity index (χ1n) is 8.04. The van der Waals surface area contributed by atoms with Crippen molar-refractivity contribution in [1.29, 1.82) is 0 Å². The molecule has 0 bridgehead atoms. The summed E-state index contributed by atoms with van der Waals surface area (Å²) in [5, 5.41) is 13.3. The number of nitrogen functional groups attached to an aromatic ring is 1. The van der Waals surface area contributed by atoms with E-state index in [1.54, 1.807) is 30.3 Å². The van der Waals surface area contributed by atoms with Crippen LogP contribution in [0, 0.1) is 0 Å². The molecule has 1 fully saturated rings. The Bertz CT molecular complexity index is 740. The molecule has 8 heteroatoms. The second kappa shape index (κ2) is 7.35. The average molecular weight is 343 g/mol. The van der Waals surface area contributed by atoms with Crippen LogP contribution < -0.4 is 20.7 Å². The normalized spacial score (nSPS) is 20.2. The van der Waals surface area contributed by atoms with Crippen LogP contribution in [0.3, 0.4) is 0 Å². The summed E-state index contributed by atoms with van der Waals surface area (Å²) in [4.78, 5) is 22.3. The van der Waals surface area contributed by atoms with Crippen molar-refractivity contribution >= 4 is 17.7 Å². The minimum absolute atomic E-state index is 0.114. The second-order valence-corrected chi connectivity index (χ2v) is 5.87. The smallest absolute Gasteiger partial charge is 0.251 e. The predicted molar refractivity (Wildman–Crippen MR) is 93.5 cm³/mol. The van der Waals surface area contributed by atoms with Crippen molar-refractivity contribution in [3.05, 3.63) is 42.0 Å². The van der Waals surface area contributed by atoms with Gasteiger partial charge in [0, 0.05) is 24.7 Å². The van der Waals surface area contributed by atoms with Crippen molar-refractivity contribution in [2.75, 3.05) is 30.8 Å². The number of nitrogens with one attached hydrogen (secondary N) is 1. The van der Waals surface area contributed by atoms with Crippen LogP contribution in [0.25, 0.3) is 0 Å². The van der Waals surface area contributed by atoms with Crippen LogP contribution in [-0.4, -0.2) is 53.3 Å². The van der Waals surface area contributed by atoms with Crippen LogP contribution in [0.5, 0.6) is 5.88 Å². The van der Waals surface area contributed by atoms with Crippen LogP contribution in [0.2, 0.25) is 0 Å².